The fraction of sp³-hybridized carbons (Fsp3) is 0.214. The second-order valence-corrected chi connectivity index (χ2v) is 4.55. The topological polar surface area (TPSA) is 64.0 Å². The number of rotatable bonds is 1. The van der Waals surface area contributed by atoms with Crippen molar-refractivity contribution in [2.45, 2.75) is 6.92 Å². The van der Waals surface area contributed by atoms with Crippen molar-refractivity contribution in [2.24, 2.45) is 7.05 Å². The van der Waals surface area contributed by atoms with E-state index in [9.17, 15) is 9.59 Å². The highest BCUT2D eigenvalue weighted by atomic mass is 16.1. The number of benzene rings is 1. The number of aromatic nitrogens is 2. The number of hydrogen-bond acceptors (Lipinski definition) is 4. The molecule has 1 aromatic carbocycles. The smallest absolute Gasteiger partial charge is 0.216 e. The van der Waals surface area contributed by atoms with Gasteiger partial charge in [-0.25, -0.2) is 4.98 Å². The first-order valence-electron chi connectivity index (χ1n) is 5.99. The Morgan fingerprint density at radius 1 is 1.21 bits per heavy atom. The molecule has 0 saturated carbocycles. The molecule has 0 radical (unpaired) electrons. The summed E-state index contributed by atoms with van der Waals surface area (Å²) >= 11 is 0. The molecule has 0 aliphatic heterocycles. The number of imidazole rings is 1. The fourth-order valence-electron chi connectivity index (χ4n) is 2.47. The Morgan fingerprint density at radius 3 is 2.63 bits per heavy atom. The van der Waals surface area contributed by atoms with Gasteiger partial charge in [0.05, 0.1) is 5.56 Å². The Bertz CT molecular complexity index is 729. The van der Waals surface area contributed by atoms with Gasteiger partial charge in [-0.05, 0) is 13.0 Å². The van der Waals surface area contributed by atoms with Crippen LogP contribution < -0.4 is 5.32 Å². The van der Waals surface area contributed by atoms with E-state index in [0.717, 1.165) is 0 Å². The summed E-state index contributed by atoms with van der Waals surface area (Å²) in [6.45, 7) is 1.78. The molecular weight excluding hydrogens is 242 g/mol. The van der Waals surface area contributed by atoms with Crippen molar-refractivity contribution in [2.75, 3.05) is 12.4 Å². The van der Waals surface area contributed by atoms with Crippen LogP contribution in [0.25, 0.3) is 0 Å². The molecular formula is C14H13N3O2. The summed E-state index contributed by atoms with van der Waals surface area (Å²) in [6.07, 6.45) is 0. The molecule has 19 heavy (non-hydrogen) atoms. The van der Waals surface area contributed by atoms with Gasteiger partial charge < -0.3 is 9.88 Å². The lowest BCUT2D eigenvalue weighted by molar-refractivity contribution is 0.0972. The first-order chi connectivity index (χ1) is 9.06. The molecule has 0 spiro atoms. The third kappa shape index (κ3) is 1.38. The highest BCUT2D eigenvalue weighted by Gasteiger charge is 2.35. The molecule has 1 aromatic heterocycles. The molecule has 5 nitrogen and oxygen atoms in total. The Morgan fingerprint density at radius 2 is 1.95 bits per heavy atom. The van der Waals surface area contributed by atoms with Crippen molar-refractivity contribution >= 4 is 17.3 Å². The Balaban J connectivity index is 2.36. The van der Waals surface area contributed by atoms with E-state index in [4.69, 9.17) is 0 Å². The zero-order valence-electron chi connectivity index (χ0n) is 10.9. The molecule has 0 saturated heterocycles. The highest BCUT2D eigenvalue weighted by molar-refractivity contribution is 6.29. The number of nitrogens with one attached hydrogen (secondary N) is 1. The maximum atomic E-state index is 12.5. The second kappa shape index (κ2) is 3.78. The molecule has 1 N–H and O–H groups in total. The van der Waals surface area contributed by atoms with E-state index in [1.807, 2.05) is 0 Å². The van der Waals surface area contributed by atoms with Gasteiger partial charge in [-0.3, -0.25) is 9.59 Å². The van der Waals surface area contributed by atoms with Gasteiger partial charge in [-0.2, -0.15) is 0 Å². The Kier molecular flexibility index (Phi) is 2.32. The summed E-state index contributed by atoms with van der Waals surface area (Å²) in [7, 11) is 3.48. The number of hydrogen-bond donors (Lipinski definition) is 1. The lowest BCUT2D eigenvalue weighted by Crippen LogP contribution is -2.23. The largest absolute Gasteiger partial charge is 0.388 e. The van der Waals surface area contributed by atoms with Crippen molar-refractivity contribution < 1.29 is 9.59 Å². The summed E-state index contributed by atoms with van der Waals surface area (Å²) in [5.74, 6) is 0.313. The van der Waals surface area contributed by atoms with Crippen molar-refractivity contribution in [3.63, 3.8) is 0 Å². The molecule has 1 aliphatic rings. The van der Waals surface area contributed by atoms with Crippen molar-refractivity contribution in [1.29, 1.82) is 0 Å². The van der Waals surface area contributed by atoms with Gasteiger partial charge in [0, 0.05) is 25.3 Å². The van der Waals surface area contributed by atoms with Crippen LogP contribution in [0.1, 0.15) is 37.9 Å². The first-order valence-corrected chi connectivity index (χ1v) is 5.99. The van der Waals surface area contributed by atoms with E-state index in [1.165, 1.54) is 0 Å². The number of anilines is 1. The molecule has 2 aromatic rings. The van der Waals surface area contributed by atoms with Crippen LogP contribution >= 0.6 is 0 Å². The predicted octanol–water partition coefficient (Wildman–Crippen LogP) is 1.55. The van der Waals surface area contributed by atoms with E-state index in [-0.39, 0.29) is 17.3 Å². The maximum absolute atomic E-state index is 12.5. The minimum absolute atomic E-state index is 0.148. The molecule has 0 fully saturated rings. The van der Waals surface area contributed by atoms with E-state index in [1.54, 1.807) is 43.8 Å². The van der Waals surface area contributed by atoms with Crippen molar-refractivity contribution in [1.82, 2.24) is 9.55 Å². The standard InChI is InChI=1S/C14H13N3O2/c1-7-16-11-12(17(7)3)13(18)8-5-4-6-9(15-2)10(8)14(11)19/h4-6,15H,1-3H3. The predicted molar refractivity (Wildman–Crippen MR) is 70.8 cm³/mol. The van der Waals surface area contributed by atoms with E-state index in [2.05, 4.69) is 10.3 Å². The van der Waals surface area contributed by atoms with Crippen LogP contribution in [0.2, 0.25) is 0 Å². The molecule has 0 amide bonds. The van der Waals surface area contributed by atoms with Crippen LogP contribution in [-0.2, 0) is 7.05 Å². The van der Waals surface area contributed by atoms with Gasteiger partial charge in [0.1, 0.15) is 17.2 Å². The van der Waals surface area contributed by atoms with Gasteiger partial charge in [-0.1, -0.05) is 12.1 Å². The monoisotopic (exact) mass is 255 g/mol. The Hall–Kier alpha value is -2.43. The summed E-state index contributed by atoms with van der Waals surface area (Å²) in [6, 6.07) is 5.23. The number of ketones is 2. The molecule has 1 aliphatic carbocycles. The average molecular weight is 255 g/mol. The van der Waals surface area contributed by atoms with Gasteiger partial charge >= 0.3 is 0 Å². The quantitative estimate of drug-likeness (QED) is 0.716. The van der Waals surface area contributed by atoms with Gasteiger partial charge in [0.25, 0.3) is 0 Å². The molecule has 3 rings (SSSR count). The lowest BCUT2D eigenvalue weighted by Gasteiger charge is -2.17. The third-order valence-corrected chi connectivity index (χ3v) is 3.55. The summed E-state index contributed by atoms with van der Waals surface area (Å²) < 4.78 is 1.67. The van der Waals surface area contributed by atoms with Gasteiger partial charge in [-0.15, -0.1) is 0 Å². The summed E-state index contributed by atoms with van der Waals surface area (Å²) in [5.41, 5.74) is 2.14. The molecule has 0 atom stereocenters. The van der Waals surface area contributed by atoms with Gasteiger partial charge in [0.2, 0.25) is 11.6 Å². The number of carbonyl (C=O) groups excluding carboxylic acids is 2. The summed E-state index contributed by atoms with van der Waals surface area (Å²) in [4.78, 5) is 29.3. The lowest BCUT2D eigenvalue weighted by atomic mass is 9.89. The molecule has 5 heteroatoms. The van der Waals surface area contributed by atoms with Crippen LogP contribution in [0.4, 0.5) is 5.69 Å². The van der Waals surface area contributed by atoms with Crippen LogP contribution in [0.3, 0.4) is 0 Å². The van der Waals surface area contributed by atoms with Crippen LogP contribution in [0.5, 0.6) is 0 Å². The van der Waals surface area contributed by atoms with Crippen LogP contribution in [0, 0.1) is 6.92 Å². The van der Waals surface area contributed by atoms with Crippen molar-refractivity contribution in [3.8, 4) is 0 Å². The highest BCUT2D eigenvalue weighted by Crippen LogP contribution is 2.31. The molecule has 0 unspecified atom stereocenters. The zero-order chi connectivity index (χ0) is 13.7. The number of carbonyl (C=O) groups is 2. The van der Waals surface area contributed by atoms with E-state index >= 15 is 0 Å². The summed E-state index contributed by atoms with van der Waals surface area (Å²) in [5, 5.41) is 2.95. The normalized spacial score (nSPS) is 13.2. The average Bonchev–Trinajstić information content (AvgIpc) is 2.72. The van der Waals surface area contributed by atoms with Gasteiger partial charge in [0.15, 0.2) is 0 Å². The molecule has 0 bridgehead atoms. The molecule has 1 heterocycles. The third-order valence-electron chi connectivity index (χ3n) is 3.55. The number of nitrogens with zero attached hydrogens (tertiary/aromatic N) is 2. The van der Waals surface area contributed by atoms with Crippen LogP contribution in [-0.4, -0.2) is 28.2 Å². The maximum Gasteiger partial charge on any atom is 0.216 e. The zero-order valence-corrected chi connectivity index (χ0v) is 10.9. The van der Waals surface area contributed by atoms with E-state index in [0.29, 0.717) is 28.3 Å². The number of fused-ring (bicyclic) bond motifs is 2. The fourth-order valence-corrected chi connectivity index (χ4v) is 2.47. The Labute approximate surface area is 110 Å². The number of aryl methyl sites for hydroxylation is 1. The van der Waals surface area contributed by atoms with E-state index < -0.39 is 0 Å². The minimum Gasteiger partial charge on any atom is -0.388 e. The SMILES string of the molecule is CNc1cccc2c1C(=O)c1nc(C)n(C)c1C2=O. The minimum atomic E-state index is -0.196. The first kappa shape index (κ1) is 11.6. The molecule has 96 valence electrons. The second-order valence-electron chi connectivity index (χ2n) is 4.55. The van der Waals surface area contributed by atoms with Crippen LogP contribution in [0.15, 0.2) is 18.2 Å². The van der Waals surface area contributed by atoms with Crippen molar-refractivity contribution in [3.05, 3.63) is 46.5 Å².